The minimum Gasteiger partial charge on any atom is -0.309 e. The molecule has 0 aliphatic heterocycles. The van der Waals surface area contributed by atoms with Crippen LogP contribution < -0.4 is 0 Å². The van der Waals surface area contributed by atoms with E-state index in [9.17, 15) is 0 Å². The molecular formula is C128H88N6. The number of fused-ring (bicyclic) bond motifs is 18. The van der Waals surface area contributed by atoms with E-state index in [0.29, 0.717) is 0 Å². The van der Waals surface area contributed by atoms with E-state index in [1.807, 2.05) is 0 Å². The average Bonchev–Trinajstić information content (AvgIpc) is 1.59. The lowest BCUT2D eigenvalue weighted by atomic mass is 9.98. The summed E-state index contributed by atoms with van der Waals surface area (Å²) in [4.78, 5) is 0. The van der Waals surface area contributed by atoms with Gasteiger partial charge in [-0.1, -0.05) is 309 Å². The molecule has 0 atom stereocenters. The Bertz CT molecular complexity index is 9010. The fraction of sp³-hybridized carbons (Fsp3) is 0.0156. The normalized spacial score (nSPS) is 11.7. The van der Waals surface area contributed by atoms with Crippen LogP contribution in [0.4, 0.5) is 0 Å². The molecule has 0 bridgehead atoms. The summed E-state index contributed by atoms with van der Waals surface area (Å²) in [5.41, 5.74) is 38.8. The first kappa shape index (κ1) is 78.7. The highest BCUT2D eigenvalue weighted by Gasteiger charge is 2.23. The van der Waals surface area contributed by atoms with Crippen molar-refractivity contribution in [1.29, 1.82) is 0 Å². The van der Waals surface area contributed by atoms with Gasteiger partial charge in [-0.05, 0) is 280 Å². The highest BCUT2D eigenvalue weighted by Crippen LogP contribution is 2.45. The third-order valence-corrected chi connectivity index (χ3v) is 27.1. The lowest BCUT2D eigenvalue weighted by Gasteiger charge is -2.14. The van der Waals surface area contributed by atoms with Crippen LogP contribution in [0, 0.1) is 13.8 Å². The van der Waals surface area contributed by atoms with E-state index in [1.54, 1.807) is 0 Å². The summed E-state index contributed by atoms with van der Waals surface area (Å²) in [6.07, 6.45) is 0. The van der Waals surface area contributed by atoms with Crippen LogP contribution >= 0.6 is 0 Å². The molecule has 0 amide bonds. The second-order valence-corrected chi connectivity index (χ2v) is 35.3. The Morgan fingerprint density at radius 2 is 0.291 bits per heavy atom. The van der Waals surface area contributed by atoms with Crippen LogP contribution in [0.15, 0.2) is 497 Å². The summed E-state index contributed by atoms with van der Waals surface area (Å²) in [6, 6.07) is 181. The predicted molar refractivity (Wildman–Crippen MR) is 567 cm³/mol. The van der Waals surface area contributed by atoms with Gasteiger partial charge in [-0.2, -0.15) is 0 Å². The van der Waals surface area contributed by atoms with Crippen molar-refractivity contribution in [3.05, 3.63) is 509 Å². The van der Waals surface area contributed by atoms with Gasteiger partial charge in [-0.25, -0.2) is 0 Å². The summed E-state index contributed by atoms with van der Waals surface area (Å²) in [5, 5.41) is 15.2. The Morgan fingerprint density at radius 1 is 0.104 bits per heavy atom. The van der Waals surface area contributed by atoms with Gasteiger partial charge in [0.1, 0.15) is 0 Å². The average molecular weight is 1710 g/mol. The van der Waals surface area contributed by atoms with Gasteiger partial charge < -0.3 is 27.4 Å². The highest BCUT2D eigenvalue weighted by atomic mass is 15.0. The van der Waals surface area contributed by atoms with Gasteiger partial charge in [0, 0.05) is 98.8 Å². The van der Waals surface area contributed by atoms with Crippen molar-refractivity contribution in [2.75, 3.05) is 0 Å². The number of hydrogen-bond acceptors (Lipinski definition) is 0. The number of hydrogen-bond donors (Lipinski definition) is 0. The van der Waals surface area contributed by atoms with Gasteiger partial charge in [0.2, 0.25) is 0 Å². The summed E-state index contributed by atoms with van der Waals surface area (Å²) in [5.74, 6) is 0. The third kappa shape index (κ3) is 13.6. The van der Waals surface area contributed by atoms with E-state index >= 15 is 0 Å². The van der Waals surface area contributed by atoms with E-state index in [1.165, 1.54) is 237 Å². The van der Waals surface area contributed by atoms with Crippen LogP contribution in [0.3, 0.4) is 0 Å². The molecule has 0 saturated carbocycles. The molecule has 6 heteroatoms. The lowest BCUT2D eigenvalue weighted by molar-refractivity contribution is 1.16. The fourth-order valence-electron chi connectivity index (χ4n) is 21.2. The third-order valence-electron chi connectivity index (χ3n) is 27.1. The molecule has 6 nitrogen and oxygen atoms in total. The van der Waals surface area contributed by atoms with E-state index < -0.39 is 0 Å². The zero-order valence-electron chi connectivity index (χ0n) is 74.0. The highest BCUT2D eigenvalue weighted by molar-refractivity contribution is 6.17. The van der Waals surface area contributed by atoms with Gasteiger partial charge in [-0.15, -0.1) is 0 Å². The number of para-hydroxylation sites is 9. The Labute approximate surface area is 776 Å². The summed E-state index contributed by atoms with van der Waals surface area (Å²) in [7, 11) is 0. The minimum absolute atomic E-state index is 1.15. The molecule has 0 aliphatic carbocycles. The Kier molecular flexibility index (Phi) is 19.3. The molecule has 0 aliphatic rings. The number of benzene rings is 21. The number of aromatic nitrogens is 6. The van der Waals surface area contributed by atoms with E-state index in [2.05, 4.69) is 539 Å². The van der Waals surface area contributed by atoms with Crippen molar-refractivity contribution in [1.82, 2.24) is 27.4 Å². The fourth-order valence-corrected chi connectivity index (χ4v) is 21.2. The summed E-state index contributed by atoms with van der Waals surface area (Å²) >= 11 is 0. The monoisotopic (exact) mass is 1710 g/mol. The molecule has 27 rings (SSSR count). The summed E-state index contributed by atoms with van der Waals surface area (Å²) < 4.78 is 14.4. The van der Waals surface area contributed by atoms with Crippen LogP contribution in [0.1, 0.15) is 11.1 Å². The van der Waals surface area contributed by atoms with Gasteiger partial charge in [0.25, 0.3) is 0 Å². The zero-order valence-corrected chi connectivity index (χ0v) is 74.0. The molecule has 630 valence electrons. The van der Waals surface area contributed by atoms with Crippen molar-refractivity contribution in [3.8, 4) is 101 Å². The topological polar surface area (TPSA) is 29.6 Å². The maximum absolute atomic E-state index is 2.43. The molecule has 134 heavy (non-hydrogen) atoms. The molecule has 0 radical (unpaired) electrons. The number of rotatable bonds is 12. The van der Waals surface area contributed by atoms with Crippen LogP contribution in [0.5, 0.6) is 0 Å². The first-order chi connectivity index (χ1) is 66.3. The molecule has 0 unspecified atom stereocenters. The number of nitrogens with zero attached hydrogens (tertiary/aromatic N) is 6. The predicted octanol–water partition coefficient (Wildman–Crippen LogP) is 34.3. The van der Waals surface area contributed by atoms with Crippen LogP contribution in [0.2, 0.25) is 0 Å². The van der Waals surface area contributed by atoms with Gasteiger partial charge in [0.05, 0.1) is 66.2 Å². The molecule has 6 heterocycles. The van der Waals surface area contributed by atoms with E-state index in [0.717, 1.165) is 5.69 Å². The molecule has 0 fully saturated rings. The van der Waals surface area contributed by atoms with Gasteiger partial charge in [-0.3, -0.25) is 0 Å². The van der Waals surface area contributed by atoms with Crippen molar-refractivity contribution in [2.24, 2.45) is 0 Å². The number of aryl methyl sites for hydroxylation is 2. The molecule has 0 spiro atoms. The Hall–Kier alpha value is -17.6. The zero-order chi connectivity index (χ0) is 88.9. The quantitative estimate of drug-likeness (QED) is 0.117. The standard InChI is InChI=1S/C48H32N2.C44H32N2.C36H24N2/c1-4-14-33(15-5-1)37-28-38(34-16-6-2-7-17-34)30-40(29-37)50-46-23-13-11-21-42(46)44-32-36(25-27-48(44)50)35-24-26-47-43(31-35)41-20-10-12-22-45(41)49(47)39-18-8-3-9-19-39;1-29-23-30(2)25-36(24-29)46-42-18-9-7-16-38(42)40-28-34(20-22-44(40)46)33-19-21-43-39(27-33)37-15-6-8-17-41(37)45(43)35-14-10-13-32(26-35)31-11-4-3-5-12-31;1-3-11-27(12-4-1)37-33-17-9-7-15-29(33)31-23-25(19-21-35(31)37)26-20-22-36-32(24-26)30-16-8-10-18-34(30)38(36)28-13-5-2-6-14-28/h1-32H;3-28H,1-2H3;1-24H. The lowest BCUT2D eigenvalue weighted by Crippen LogP contribution is -1.96. The van der Waals surface area contributed by atoms with Crippen molar-refractivity contribution in [2.45, 2.75) is 13.8 Å². The second kappa shape index (κ2) is 32.9. The first-order valence-electron chi connectivity index (χ1n) is 46.2. The van der Waals surface area contributed by atoms with Crippen LogP contribution in [0.25, 0.3) is 232 Å². The SMILES string of the molecule is Cc1cc(C)cc(-n2c3ccccc3c3cc(-c4ccc5c(c4)c4ccccc4n5-c4cccc(-c5ccccc5)c4)ccc32)c1.c1ccc(-c2cc(-c3ccccc3)cc(-n3c4ccccc4c4cc(-c5ccc6c(c5)c5ccccc5n6-c5ccccc5)ccc43)c2)cc1.c1ccc(-n2c3ccccc3c3cc(-c4ccc5c(c4)c4ccccc4n5-c4ccccc4)ccc32)cc1. The first-order valence-corrected chi connectivity index (χ1v) is 46.2. The van der Waals surface area contributed by atoms with E-state index in [4.69, 9.17) is 0 Å². The maximum atomic E-state index is 2.43. The molecule has 0 saturated heterocycles. The molecule has 6 aromatic heterocycles. The van der Waals surface area contributed by atoms with Crippen LogP contribution in [-0.4, -0.2) is 27.4 Å². The molecule has 0 N–H and O–H groups in total. The smallest absolute Gasteiger partial charge is 0.0541 e. The minimum atomic E-state index is 1.15. The van der Waals surface area contributed by atoms with Crippen molar-refractivity contribution < 1.29 is 0 Å². The van der Waals surface area contributed by atoms with Gasteiger partial charge in [0.15, 0.2) is 0 Å². The summed E-state index contributed by atoms with van der Waals surface area (Å²) in [6.45, 7) is 4.35. The van der Waals surface area contributed by atoms with Crippen molar-refractivity contribution >= 4 is 131 Å². The second-order valence-electron chi connectivity index (χ2n) is 35.3. The molecular weight excluding hydrogens is 1620 g/mol. The van der Waals surface area contributed by atoms with Crippen LogP contribution in [-0.2, 0) is 0 Å². The van der Waals surface area contributed by atoms with Crippen molar-refractivity contribution in [3.63, 3.8) is 0 Å². The maximum Gasteiger partial charge on any atom is 0.0541 e. The largest absolute Gasteiger partial charge is 0.309 e. The Morgan fingerprint density at radius 3 is 0.567 bits per heavy atom. The van der Waals surface area contributed by atoms with Gasteiger partial charge >= 0.3 is 0 Å². The Balaban J connectivity index is 0.000000108. The molecule has 27 aromatic rings. The molecule has 21 aromatic carbocycles. The van der Waals surface area contributed by atoms with E-state index in [-0.39, 0.29) is 0 Å².